The van der Waals surface area contributed by atoms with Crippen molar-refractivity contribution in [3.05, 3.63) is 30.1 Å². The van der Waals surface area contributed by atoms with Gasteiger partial charge in [-0.15, -0.1) is 5.10 Å². The first-order chi connectivity index (χ1) is 10.2. The van der Waals surface area contributed by atoms with Gasteiger partial charge < -0.3 is 9.47 Å². The van der Waals surface area contributed by atoms with E-state index in [-0.39, 0.29) is 12.4 Å². The summed E-state index contributed by atoms with van der Waals surface area (Å²) >= 11 is 0. The minimum Gasteiger partial charge on any atom is -0.347 e. The summed E-state index contributed by atoms with van der Waals surface area (Å²) in [6, 6.07) is 0. The molecule has 0 aromatic carbocycles. The minimum absolute atomic E-state index is 0.0926. The highest BCUT2D eigenvalue weighted by Gasteiger charge is 2.17. The third-order valence-corrected chi connectivity index (χ3v) is 2.70. The number of hydrogen-bond donors (Lipinski definition) is 0. The van der Waals surface area contributed by atoms with Crippen molar-refractivity contribution in [1.82, 2.24) is 24.5 Å². The van der Waals surface area contributed by atoms with Gasteiger partial charge in [-0.2, -0.15) is 8.78 Å². The van der Waals surface area contributed by atoms with Crippen molar-refractivity contribution in [1.29, 1.82) is 0 Å². The number of alkyl halides is 2. The van der Waals surface area contributed by atoms with Gasteiger partial charge in [0.2, 0.25) is 6.29 Å². The van der Waals surface area contributed by atoms with E-state index in [2.05, 4.69) is 15.3 Å². The Hall–Kier alpha value is -1.87. The SMILES string of the molecule is CCOC(OCC)c1cn(Cc2nccn2C(F)F)nn1. The molecule has 0 atom stereocenters. The van der Waals surface area contributed by atoms with Crippen LogP contribution in [-0.2, 0) is 16.0 Å². The van der Waals surface area contributed by atoms with E-state index >= 15 is 0 Å². The average molecular weight is 301 g/mol. The average Bonchev–Trinajstić information content (AvgIpc) is 3.08. The van der Waals surface area contributed by atoms with Crippen LogP contribution >= 0.6 is 0 Å². The predicted octanol–water partition coefficient (Wildman–Crippen LogP) is 1.99. The van der Waals surface area contributed by atoms with Gasteiger partial charge in [-0.05, 0) is 13.8 Å². The molecule has 0 fully saturated rings. The van der Waals surface area contributed by atoms with Gasteiger partial charge in [0.15, 0.2) is 0 Å². The maximum absolute atomic E-state index is 12.7. The summed E-state index contributed by atoms with van der Waals surface area (Å²) in [5, 5.41) is 7.83. The second-order valence-corrected chi connectivity index (χ2v) is 4.11. The van der Waals surface area contributed by atoms with E-state index in [4.69, 9.17) is 9.47 Å². The smallest absolute Gasteiger partial charge is 0.319 e. The van der Waals surface area contributed by atoms with Crippen molar-refractivity contribution < 1.29 is 18.3 Å². The summed E-state index contributed by atoms with van der Waals surface area (Å²) in [7, 11) is 0. The van der Waals surface area contributed by atoms with Crippen molar-refractivity contribution in [2.75, 3.05) is 13.2 Å². The molecule has 0 saturated heterocycles. The molecule has 0 bridgehead atoms. The zero-order valence-electron chi connectivity index (χ0n) is 11.8. The lowest BCUT2D eigenvalue weighted by Crippen LogP contribution is -2.10. The summed E-state index contributed by atoms with van der Waals surface area (Å²) in [6.45, 7) is 2.08. The maximum Gasteiger partial charge on any atom is 0.319 e. The summed E-state index contributed by atoms with van der Waals surface area (Å²) in [5.74, 6) is 0.200. The largest absolute Gasteiger partial charge is 0.347 e. The first kappa shape index (κ1) is 15.5. The fourth-order valence-electron chi connectivity index (χ4n) is 1.81. The molecule has 0 amide bonds. The van der Waals surface area contributed by atoms with Crippen LogP contribution in [-0.4, -0.2) is 37.8 Å². The molecule has 0 aliphatic heterocycles. The van der Waals surface area contributed by atoms with Gasteiger partial charge in [0.05, 0.1) is 6.20 Å². The van der Waals surface area contributed by atoms with Gasteiger partial charge in [-0.25, -0.2) is 9.67 Å². The molecular weight excluding hydrogens is 284 g/mol. The van der Waals surface area contributed by atoms with Gasteiger partial charge in [-0.1, -0.05) is 5.21 Å². The third-order valence-electron chi connectivity index (χ3n) is 2.70. The molecule has 0 saturated carbocycles. The fourth-order valence-corrected chi connectivity index (χ4v) is 1.81. The Labute approximate surface area is 120 Å². The number of hydrogen-bond acceptors (Lipinski definition) is 5. The van der Waals surface area contributed by atoms with Crippen LogP contribution in [0.4, 0.5) is 8.78 Å². The van der Waals surface area contributed by atoms with Crippen LogP contribution < -0.4 is 0 Å². The minimum atomic E-state index is -2.63. The molecule has 9 heteroatoms. The van der Waals surface area contributed by atoms with Gasteiger partial charge in [0.1, 0.15) is 18.1 Å². The van der Waals surface area contributed by atoms with Gasteiger partial charge in [0, 0.05) is 25.6 Å². The second-order valence-electron chi connectivity index (χ2n) is 4.11. The summed E-state index contributed by atoms with van der Waals surface area (Å²) in [5.41, 5.74) is 0.494. The zero-order valence-corrected chi connectivity index (χ0v) is 11.8. The lowest BCUT2D eigenvalue weighted by molar-refractivity contribution is -0.142. The number of rotatable bonds is 8. The molecule has 2 rings (SSSR count). The second kappa shape index (κ2) is 7.23. The number of aromatic nitrogens is 5. The molecule has 7 nitrogen and oxygen atoms in total. The third kappa shape index (κ3) is 3.82. The Morgan fingerprint density at radius 1 is 1.24 bits per heavy atom. The molecule has 0 aliphatic rings. The quantitative estimate of drug-likeness (QED) is 0.698. The summed E-state index contributed by atoms with van der Waals surface area (Å²) in [6.07, 6.45) is 3.54. The first-order valence-electron chi connectivity index (χ1n) is 6.58. The van der Waals surface area contributed by atoms with E-state index < -0.39 is 12.8 Å². The van der Waals surface area contributed by atoms with Crippen LogP contribution in [0.5, 0.6) is 0 Å². The Balaban J connectivity index is 2.10. The maximum atomic E-state index is 12.7. The van der Waals surface area contributed by atoms with E-state index in [1.54, 1.807) is 6.20 Å². The Bertz CT molecular complexity index is 551. The van der Waals surface area contributed by atoms with Crippen LogP contribution in [0.25, 0.3) is 0 Å². The molecule has 0 N–H and O–H groups in total. The Morgan fingerprint density at radius 3 is 2.57 bits per heavy atom. The number of nitrogens with zero attached hydrogens (tertiary/aromatic N) is 5. The Kier molecular flexibility index (Phi) is 5.34. The lowest BCUT2D eigenvalue weighted by Gasteiger charge is -2.13. The van der Waals surface area contributed by atoms with E-state index in [0.717, 1.165) is 4.57 Å². The van der Waals surface area contributed by atoms with Crippen LogP contribution in [0.2, 0.25) is 0 Å². The van der Waals surface area contributed by atoms with Crippen LogP contribution in [0.15, 0.2) is 18.6 Å². The van der Waals surface area contributed by atoms with E-state index in [1.165, 1.54) is 17.1 Å². The van der Waals surface area contributed by atoms with Crippen LogP contribution in [0.3, 0.4) is 0 Å². The number of imidazole rings is 1. The van der Waals surface area contributed by atoms with Gasteiger partial charge in [-0.3, -0.25) is 4.57 Å². The molecule has 0 unspecified atom stereocenters. The molecule has 21 heavy (non-hydrogen) atoms. The number of halogens is 2. The van der Waals surface area contributed by atoms with Crippen LogP contribution in [0, 0.1) is 0 Å². The zero-order chi connectivity index (χ0) is 15.2. The van der Waals surface area contributed by atoms with E-state index in [1.807, 2.05) is 13.8 Å². The molecule has 0 aliphatic carbocycles. The normalized spacial score (nSPS) is 11.7. The molecule has 116 valence electrons. The predicted molar refractivity (Wildman–Crippen MR) is 68.6 cm³/mol. The lowest BCUT2D eigenvalue weighted by atomic mass is 10.4. The monoisotopic (exact) mass is 301 g/mol. The van der Waals surface area contributed by atoms with Crippen molar-refractivity contribution in [3.63, 3.8) is 0 Å². The van der Waals surface area contributed by atoms with Crippen molar-refractivity contribution >= 4 is 0 Å². The Morgan fingerprint density at radius 2 is 1.95 bits per heavy atom. The highest BCUT2D eigenvalue weighted by Crippen LogP contribution is 2.17. The van der Waals surface area contributed by atoms with Gasteiger partial charge in [0.25, 0.3) is 0 Å². The first-order valence-corrected chi connectivity index (χ1v) is 6.58. The fraction of sp³-hybridized carbons (Fsp3) is 0.583. The van der Waals surface area contributed by atoms with Crippen molar-refractivity contribution in [2.45, 2.75) is 33.2 Å². The number of ether oxygens (including phenoxy) is 2. The molecule has 0 spiro atoms. The highest BCUT2D eigenvalue weighted by atomic mass is 19.3. The molecular formula is C12H17F2N5O2. The van der Waals surface area contributed by atoms with E-state index in [0.29, 0.717) is 18.9 Å². The van der Waals surface area contributed by atoms with Gasteiger partial charge >= 0.3 is 6.55 Å². The van der Waals surface area contributed by atoms with Crippen molar-refractivity contribution in [3.8, 4) is 0 Å². The topological polar surface area (TPSA) is 67.0 Å². The van der Waals surface area contributed by atoms with Crippen molar-refractivity contribution in [2.24, 2.45) is 0 Å². The summed E-state index contributed by atoms with van der Waals surface area (Å²) < 4.78 is 38.5. The summed E-state index contributed by atoms with van der Waals surface area (Å²) in [4.78, 5) is 3.89. The molecule has 2 aromatic rings. The molecule has 0 radical (unpaired) electrons. The standard InChI is InChI=1S/C12H17F2N5O2/c1-3-20-11(21-4-2)9-7-18(17-16-9)8-10-15-5-6-19(10)12(13)14/h5-7,11-12H,3-4,8H2,1-2H3. The van der Waals surface area contributed by atoms with E-state index in [9.17, 15) is 8.78 Å². The molecule has 2 aromatic heterocycles. The molecule has 2 heterocycles. The van der Waals surface area contributed by atoms with Crippen LogP contribution in [0.1, 0.15) is 38.2 Å². The highest BCUT2D eigenvalue weighted by molar-refractivity contribution is 4.98.